The summed E-state index contributed by atoms with van der Waals surface area (Å²) >= 11 is 0. The van der Waals surface area contributed by atoms with Crippen LogP contribution in [0.2, 0.25) is 0 Å². The van der Waals surface area contributed by atoms with Crippen LogP contribution in [-0.2, 0) is 10.0 Å². The first-order chi connectivity index (χ1) is 9.41. The SMILES string of the molecule is CCN(CC)S(=O)(=O)c1cc(F)c2c(c1)C(N)CCO2. The summed E-state index contributed by atoms with van der Waals surface area (Å²) in [5.41, 5.74) is 6.33. The van der Waals surface area contributed by atoms with Crippen molar-refractivity contribution in [3.8, 4) is 5.75 Å². The fourth-order valence-corrected chi connectivity index (χ4v) is 3.83. The molecule has 0 saturated carbocycles. The van der Waals surface area contributed by atoms with E-state index in [1.165, 1.54) is 10.4 Å². The highest BCUT2D eigenvalue weighted by Crippen LogP contribution is 2.35. The third-order valence-electron chi connectivity index (χ3n) is 3.46. The van der Waals surface area contributed by atoms with Crippen molar-refractivity contribution < 1.29 is 17.5 Å². The van der Waals surface area contributed by atoms with Crippen LogP contribution in [-0.4, -0.2) is 32.4 Å². The average molecular weight is 302 g/mol. The number of nitrogens with two attached hydrogens (primary N) is 1. The van der Waals surface area contributed by atoms with Crippen LogP contribution in [0.3, 0.4) is 0 Å². The molecule has 1 unspecified atom stereocenters. The molecule has 20 heavy (non-hydrogen) atoms. The number of benzene rings is 1. The first kappa shape index (κ1) is 15.2. The third kappa shape index (κ3) is 2.53. The van der Waals surface area contributed by atoms with E-state index in [0.29, 0.717) is 31.7 Å². The fraction of sp³-hybridized carbons (Fsp3) is 0.538. The molecule has 1 aliphatic heterocycles. The Kier molecular flexibility index (Phi) is 4.31. The number of sulfonamides is 1. The minimum absolute atomic E-state index is 0.0709. The zero-order valence-corrected chi connectivity index (χ0v) is 12.4. The highest BCUT2D eigenvalue weighted by molar-refractivity contribution is 7.89. The lowest BCUT2D eigenvalue weighted by atomic mass is 10.0. The highest BCUT2D eigenvalue weighted by atomic mass is 32.2. The van der Waals surface area contributed by atoms with Crippen LogP contribution in [0.5, 0.6) is 5.75 Å². The third-order valence-corrected chi connectivity index (χ3v) is 5.49. The van der Waals surface area contributed by atoms with E-state index in [-0.39, 0.29) is 10.6 Å². The van der Waals surface area contributed by atoms with Crippen molar-refractivity contribution in [3.05, 3.63) is 23.5 Å². The molecule has 112 valence electrons. The summed E-state index contributed by atoms with van der Waals surface area (Å²) in [5.74, 6) is -0.606. The molecular formula is C13H19FN2O3S. The molecule has 1 heterocycles. The lowest BCUT2D eigenvalue weighted by molar-refractivity contribution is 0.254. The van der Waals surface area contributed by atoms with E-state index in [1.54, 1.807) is 13.8 Å². The minimum atomic E-state index is -3.70. The van der Waals surface area contributed by atoms with Crippen LogP contribution < -0.4 is 10.5 Å². The van der Waals surface area contributed by atoms with Crippen molar-refractivity contribution in [1.82, 2.24) is 4.31 Å². The van der Waals surface area contributed by atoms with Crippen molar-refractivity contribution in [1.29, 1.82) is 0 Å². The first-order valence-corrected chi connectivity index (χ1v) is 8.07. The maximum absolute atomic E-state index is 14.0. The Hall–Kier alpha value is -1.18. The Labute approximate surface area is 118 Å². The van der Waals surface area contributed by atoms with Crippen molar-refractivity contribution >= 4 is 10.0 Å². The van der Waals surface area contributed by atoms with Gasteiger partial charge < -0.3 is 10.5 Å². The number of nitrogens with zero attached hydrogens (tertiary/aromatic N) is 1. The molecular weight excluding hydrogens is 283 g/mol. The van der Waals surface area contributed by atoms with Gasteiger partial charge in [-0.05, 0) is 12.1 Å². The maximum atomic E-state index is 14.0. The molecule has 0 spiro atoms. The second-order valence-electron chi connectivity index (χ2n) is 4.66. The number of halogens is 1. The van der Waals surface area contributed by atoms with Gasteiger partial charge in [0.15, 0.2) is 11.6 Å². The van der Waals surface area contributed by atoms with Gasteiger partial charge in [-0.2, -0.15) is 4.31 Å². The molecule has 0 fully saturated rings. The predicted octanol–water partition coefficient (Wildman–Crippen LogP) is 1.64. The van der Waals surface area contributed by atoms with E-state index in [1.807, 2.05) is 0 Å². The molecule has 0 amide bonds. The van der Waals surface area contributed by atoms with Crippen LogP contribution in [0.25, 0.3) is 0 Å². The summed E-state index contributed by atoms with van der Waals surface area (Å²) in [6.45, 7) is 4.49. The van der Waals surface area contributed by atoms with E-state index < -0.39 is 21.9 Å². The van der Waals surface area contributed by atoms with Gasteiger partial charge in [0.25, 0.3) is 0 Å². The summed E-state index contributed by atoms with van der Waals surface area (Å²) in [5, 5.41) is 0. The van der Waals surface area contributed by atoms with E-state index in [0.717, 1.165) is 6.07 Å². The molecule has 1 aromatic carbocycles. The monoisotopic (exact) mass is 302 g/mol. The van der Waals surface area contributed by atoms with Crippen molar-refractivity contribution in [3.63, 3.8) is 0 Å². The van der Waals surface area contributed by atoms with Crippen LogP contribution in [0, 0.1) is 5.82 Å². The van der Waals surface area contributed by atoms with Gasteiger partial charge in [0.2, 0.25) is 10.0 Å². The molecule has 0 bridgehead atoms. The fourth-order valence-electron chi connectivity index (χ4n) is 2.32. The lowest BCUT2D eigenvalue weighted by Crippen LogP contribution is -2.31. The average Bonchev–Trinajstić information content (AvgIpc) is 2.40. The van der Waals surface area contributed by atoms with Crippen molar-refractivity contribution in [2.45, 2.75) is 31.2 Å². The topological polar surface area (TPSA) is 72.6 Å². The zero-order valence-electron chi connectivity index (χ0n) is 11.6. The van der Waals surface area contributed by atoms with Crippen LogP contribution in [0.15, 0.2) is 17.0 Å². The molecule has 1 aliphatic rings. The van der Waals surface area contributed by atoms with Gasteiger partial charge in [-0.25, -0.2) is 12.8 Å². The summed E-state index contributed by atoms with van der Waals surface area (Å²) in [6, 6.07) is 2.03. The largest absolute Gasteiger partial charge is 0.490 e. The number of ether oxygens (including phenoxy) is 1. The van der Waals surface area contributed by atoms with Crippen LogP contribution in [0.4, 0.5) is 4.39 Å². The molecule has 1 aromatic rings. The Morgan fingerprint density at radius 3 is 2.65 bits per heavy atom. The normalized spacial score (nSPS) is 18.8. The predicted molar refractivity (Wildman–Crippen MR) is 73.5 cm³/mol. The molecule has 0 radical (unpaired) electrons. The van der Waals surface area contributed by atoms with E-state index in [4.69, 9.17) is 10.5 Å². The number of rotatable bonds is 4. The summed E-state index contributed by atoms with van der Waals surface area (Å²) in [7, 11) is -3.70. The van der Waals surface area contributed by atoms with E-state index in [2.05, 4.69) is 0 Å². The Balaban J connectivity index is 2.54. The van der Waals surface area contributed by atoms with Crippen molar-refractivity contribution in [2.24, 2.45) is 5.73 Å². The molecule has 7 heteroatoms. The van der Waals surface area contributed by atoms with E-state index >= 15 is 0 Å². The summed E-state index contributed by atoms with van der Waals surface area (Å²) in [4.78, 5) is -0.0709. The number of hydrogen-bond acceptors (Lipinski definition) is 4. The Bertz CT molecular complexity index is 600. The highest BCUT2D eigenvalue weighted by Gasteiger charge is 2.28. The molecule has 0 saturated heterocycles. The van der Waals surface area contributed by atoms with Gasteiger partial charge in [0, 0.05) is 31.1 Å². The first-order valence-electron chi connectivity index (χ1n) is 6.63. The van der Waals surface area contributed by atoms with Gasteiger partial charge in [-0.15, -0.1) is 0 Å². The quantitative estimate of drug-likeness (QED) is 0.917. The van der Waals surface area contributed by atoms with Gasteiger partial charge in [-0.3, -0.25) is 0 Å². The second-order valence-corrected chi connectivity index (χ2v) is 6.59. The molecule has 5 nitrogen and oxygen atoms in total. The van der Waals surface area contributed by atoms with Gasteiger partial charge in [0.05, 0.1) is 11.5 Å². The number of fused-ring (bicyclic) bond motifs is 1. The molecule has 0 aliphatic carbocycles. The smallest absolute Gasteiger partial charge is 0.243 e. The lowest BCUT2D eigenvalue weighted by Gasteiger charge is -2.25. The van der Waals surface area contributed by atoms with Gasteiger partial charge in [0.1, 0.15) is 0 Å². The molecule has 1 atom stereocenters. The summed E-state index contributed by atoms with van der Waals surface area (Å²) < 4.78 is 45.4. The molecule has 2 rings (SSSR count). The Morgan fingerprint density at radius 2 is 2.05 bits per heavy atom. The Morgan fingerprint density at radius 1 is 1.40 bits per heavy atom. The van der Waals surface area contributed by atoms with Crippen molar-refractivity contribution in [2.75, 3.05) is 19.7 Å². The second kappa shape index (κ2) is 5.67. The van der Waals surface area contributed by atoms with Gasteiger partial charge >= 0.3 is 0 Å². The zero-order chi connectivity index (χ0) is 14.9. The van der Waals surface area contributed by atoms with Gasteiger partial charge in [-0.1, -0.05) is 13.8 Å². The van der Waals surface area contributed by atoms with Crippen LogP contribution >= 0.6 is 0 Å². The minimum Gasteiger partial charge on any atom is -0.490 e. The summed E-state index contributed by atoms with van der Waals surface area (Å²) in [6.07, 6.45) is 0.543. The standard InChI is InChI=1S/C13H19FN2O3S/c1-3-16(4-2)20(17,18)9-7-10-12(15)5-6-19-13(10)11(14)8-9/h7-8,12H,3-6,15H2,1-2H3. The molecule has 0 aromatic heterocycles. The molecule has 2 N–H and O–H groups in total. The maximum Gasteiger partial charge on any atom is 0.243 e. The van der Waals surface area contributed by atoms with E-state index in [9.17, 15) is 12.8 Å². The van der Waals surface area contributed by atoms with Crippen LogP contribution in [0.1, 0.15) is 31.9 Å². The number of hydrogen-bond donors (Lipinski definition) is 1.